The van der Waals surface area contributed by atoms with Gasteiger partial charge in [0.05, 0.1) is 6.10 Å². The molecule has 2 heterocycles. The van der Waals surface area contributed by atoms with Crippen LogP contribution in [0.5, 0.6) is 0 Å². The summed E-state index contributed by atoms with van der Waals surface area (Å²) in [6, 6.07) is 10.1. The fourth-order valence-electron chi connectivity index (χ4n) is 3.02. The van der Waals surface area contributed by atoms with Crippen molar-refractivity contribution in [3.05, 3.63) is 58.6 Å². The molecule has 0 aliphatic carbocycles. The van der Waals surface area contributed by atoms with Gasteiger partial charge >= 0.3 is 5.69 Å². The van der Waals surface area contributed by atoms with E-state index in [1.807, 2.05) is 6.92 Å². The van der Waals surface area contributed by atoms with Gasteiger partial charge in [-0.15, -0.1) is 0 Å². The predicted octanol–water partition coefficient (Wildman–Crippen LogP) is 1.18. The molecular formula is C18H21N3O5. The van der Waals surface area contributed by atoms with E-state index in [1.54, 1.807) is 30.3 Å². The molecular weight excluding hydrogens is 338 g/mol. The van der Waals surface area contributed by atoms with Gasteiger partial charge in [-0.3, -0.25) is 9.36 Å². The summed E-state index contributed by atoms with van der Waals surface area (Å²) in [7, 11) is 1.49. The number of aliphatic hydroxyl groups is 1. The molecule has 1 aromatic carbocycles. The molecule has 0 bridgehead atoms. The van der Waals surface area contributed by atoms with Crippen molar-refractivity contribution in [1.29, 1.82) is 0 Å². The zero-order chi connectivity index (χ0) is 18.7. The summed E-state index contributed by atoms with van der Waals surface area (Å²) < 4.78 is 12.2. The molecule has 0 radical (unpaired) electrons. The maximum absolute atomic E-state index is 12.3. The molecule has 1 fully saturated rings. The largest absolute Gasteiger partial charge is 0.386 e. The second-order valence-electron chi connectivity index (χ2n) is 5.99. The summed E-state index contributed by atoms with van der Waals surface area (Å²) in [6.45, 7) is 1.91. The number of rotatable bonds is 5. The number of carbonyl (C=O) groups excluding carboxylic acids is 1. The highest BCUT2D eigenvalue weighted by Crippen LogP contribution is 2.31. The number of methoxy groups -OCH3 is 1. The van der Waals surface area contributed by atoms with Gasteiger partial charge in [-0.25, -0.2) is 4.79 Å². The van der Waals surface area contributed by atoms with Crippen LogP contribution in [0.1, 0.15) is 29.9 Å². The molecule has 8 nitrogen and oxygen atoms in total. The van der Waals surface area contributed by atoms with E-state index in [0.717, 1.165) is 0 Å². The Bertz CT molecular complexity index is 823. The smallest absolute Gasteiger partial charge is 0.351 e. The Kier molecular flexibility index (Phi) is 5.46. The maximum atomic E-state index is 12.3. The first-order chi connectivity index (χ1) is 12.5. The molecule has 1 unspecified atom stereocenters. The monoisotopic (exact) mass is 359 g/mol. The van der Waals surface area contributed by atoms with Crippen molar-refractivity contribution in [2.75, 3.05) is 12.4 Å². The fraction of sp³-hybridized carbons (Fsp3) is 0.389. The molecule has 26 heavy (non-hydrogen) atoms. The maximum Gasteiger partial charge on any atom is 0.351 e. The number of aliphatic hydroxyl groups excluding tert-OH is 1. The molecule has 2 N–H and O–H groups in total. The zero-order valence-electron chi connectivity index (χ0n) is 14.5. The Balaban J connectivity index is 1.78. The van der Waals surface area contributed by atoms with Crippen LogP contribution in [0.3, 0.4) is 0 Å². The lowest BCUT2D eigenvalue weighted by molar-refractivity contribution is -0.0404. The number of carbonyl (C=O) groups is 1. The molecule has 0 saturated carbocycles. The average Bonchev–Trinajstić information content (AvgIpc) is 2.98. The number of amides is 1. The molecule has 1 aliphatic rings. The number of hydrogen-bond acceptors (Lipinski definition) is 6. The first kappa shape index (κ1) is 18.2. The fourth-order valence-corrected chi connectivity index (χ4v) is 3.02. The van der Waals surface area contributed by atoms with Crippen LogP contribution in [0.15, 0.2) is 47.4 Å². The summed E-state index contributed by atoms with van der Waals surface area (Å²) >= 11 is 0. The van der Waals surface area contributed by atoms with Gasteiger partial charge in [0.15, 0.2) is 6.23 Å². The van der Waals surface area contributed by atoms with Crippen LogP contribution in [0.4, 0.5) is 5.82 Å². The van der Waals surface area contributed by atoms with Gasteiger partial charge in [0.25, 0.3) is 5.91 Å². The van der Waals surface area contributed by atoms with Gasteiger partial charge in [0.2, 0.25) is 0 Å². The Hall–Kier alpha value is -2.55. The van der Waals surface area contributed by atoms with Crippen LogP contribution in [-0.2, 0) is 9.47 Å². The number of nitrogens with one attached hydrogen (secondary N) is 1. The third-order valence-corrected chi connectivity index (χ3v) is 4.37. The minimum atomic E-state index is -0.991. The third kappa shape index (κ3) is 3.52. The molecule has 2 aromatic rings. The molecule has 138 valence electrons. The van der Waals surface area contributed by atoms with Gasteiger partial charge in [-0.05, 0) is 24.6 Å². The lowest BCUT2D eigenvalue weighted by atomic mass is 10.1. The highest BCUT2D eigenvalue weighted by Gasteiger charge is 2.44. The first-order valence-electron chi connectivity index (χ1n) is 8.37. The van der Waals surface area contributed by atoms with E-state index in [2.05, 4.69) is 10.3 Å². The van der Waals surface area contributed by atoms with Crippen molar-refractivity contribution in [1.82, 2.24) is 9.55 Å². The first-order valence-corrected chi connectivity index (χ1v) is 8.37. The number of anilines is 1. The Morgan fingerprint density at radius 3 is 2.65 bits per heavy atom. The van der Waals surface area contributed by atoms with Crippen LogP contribution in [-0.4, -0.2) is 46.0 Å². The predicted molar refractivity (Wildman–Crippen MR) is 93.9 cm³/mol. The zero-order valence-corrected chi connectivity index (χ0v) is 14.5. The van der Waals surface area contributed by atoms with E-state index in [9.17, 15) is 14.7 Å². The quantitative estimate of drug-likeness (QED) is 0.831. The van der Waals surface area contributed by atoms with Gasteiger partial charge in [-0.2, -0.15) is 4.98 Å². The summed E-state index contributed by atoms with van der Waals surface area (Å²) in [5.74, 6) is -0.235. The number of aromatic nitrogens is 2. The molecule has 3 rings (SSSR count). The molecule has 1 aromatic heterocycles. The Labute approximate surface area is 150 Å². The van der Waals surface area contributed by atoms with E-state index < -0.39 is 24.1 Å². The number of hydrogen-bond donors (Lipinski definition) is 2. The highest BCUT2D eigenvalue weighted by atomic mass is 16.6. The lowest BCUT2D eigenvalue weighted by Gasteiger charge is -2.18. The minimum Gasteiger partial charge on any atom is -0.386 e. The lowest BCUT2D eigenvalue weighted by Crippen LogP contribution is -2.36. The Morgan fingerprint density at radius 2 is 2.08 bits per heavy atom. The van der Waals surface area contributed by atoms with Crippen molar-refractivity contribution < 1.29 is 19.4 Å². The summed E-state index contributed by atoms with van der Waals surface area (Å²) in [6.07, 6.45) is -0.634. The number of ether oxygens (including phenoxy) is 2. The van der Waals surface area contributed by atoms with E-state index in [0.29, 0.717) is 12.0 Å². The van der Waals surface area contributed by atoms with Gasteiger partial charge in [0.1, 0.15) is 18.0 Å². The molecule has 1 aliphatic heterocycles. The summed E-state index contributed by atoms with van der Waals surface area (Å²) in [5, 5.41) is 13.0. The second kappa shape index (κ2) is 7.77. The van der Waals surface area contributed by atoms with E-state index in [4.69, 9.17) is 9.47 Å². The highest BCUT2D eigenvalue weighted by molar-refractivity contribution is 6.03. The SMILES string of the molecule is CC[C@H]1O[C@@H](n2ccc(NC(=O)c3ccccc3)nc2=O)[C@@H](O)C1OC. The van der Waals surface area contributed by atoms with Crippen molar-refractivity contribution >= 4 is 11.7 Å². The topological polar surface area (TPSA) is 103 Å². The van der Waals surface area contributed by atoms with E-state index >= 15 is 0 Å². The van der Waals surface area contributed by atoms with E-state index in [-0.39, 0.29) is 17.8 Å². The van der Waals surface area contributed by atoms with Crippen LogP contribution in [0, 0.1) is 0 Å². The summed E-state index contributed by atoms with van der Waals surface area (Å²) in [5.41, 5.74) is -0.173. The van der Waals surface area contributed by atoms with Crippen LogP contribution in [0.25, 0.3) is 0 Å². The molecule has 4 atom stereocenters. The molecule has 1 saturated heterocycles. The van der Waals surface area contributed by atoms with Crippen molar-refractivity contribution in [2.45, 2.75) is 37.9 Å². The minimum absolute atomic E-state index is 0.128. The third-order valence-electron chi connectivity index (χ3n) is 4.37. The molecule has 8 heteroatoms. The van der Waals surface area contributed by atoms with Gasteiger partial charge in [0, 0.05) is 18.9 Å². The Morgan fingerprint density at radius 1 is 1.35 bits per heavy atom. The van der Waals surface area contributed by atoms with Crippen molar-refractivity contribution in [2.24, 2.45) is 0 Å². The van der Waals surface area contributed by atoms with Crippen LogP contribution in [0.2, 0.25) is 0 Å². The average molecular weight is 359 g/mol. The van der Waals surface area contributed by atoms with Crippen LogP contribution >= 0.6 is 0 Å². The number of nitrogens with zero attached hydrogens (tertiary/aromatic N) is 2. The van der Waals surface area contributed by atoms with Gasteiger partial charge < -0.3 is 19.9 Å². The number of benzene rings is 1. The molecule has 1 amide bonds. The van der Waals surface area contributed by atoms with Gasteiger partial charge in [-0.1, -0.05) is 25.1 Å². The standard InChI is InChI=1S/C18H21N3O5/c1-3-12-15(25-2)14(22)17(26-12)21-10-9-13(20-18(21)24)19-16(23)11-7-5-4-6-8-11/h4-10,12,14-15,17,22H,3H2,1-2H3,(H,19,20,23,24)/t12-,14+,15?,17-/m1/s1. The second-order valence-corrected chi connectivity index (χ2v) is 5.99. The van der Waals surface area contributed by atoms with Crippen molar-refractivity contribution in [3.8, 4) is 0 Å². The normalized spacial score (nSPS) is 25.2. The van der Waals surface area contributed by atoms with Crippen LogP contribution < -0.4 is 11.0 Å². The summed E-state index contributed by atoms with van der Waals surface area (Å²) in [4.78, 5) is 28.4. The molecule has 0 spiro atoms. The van der Waals surface area contributed by atoms with E-state index in [1.165, 1.54) is 23.9 Å². The van der Waals surface area contributed by atoms with Crippen molar-refractivity contribution in [3.63, 3.8) is 0 Å².